The summed E-state index contributed by atoms with van der Waals surface area (Å²) in [5.41, 5.74) is 0.0979. The molecule has 1 saturated heterocycles. The van der Waals surface area contributed by atoms with Crippen LogP contribution in [0.3, 0.4) is 0 Å². The van der Waals surface area contributed by atoms with Crippen LogP contribution in [0.1, 0.15) is 33.1 Å². The van der Waals surface area contributed by atoms with E-state index in [-0.39, 0.29) is 11.9 Å². The number of carbonyl (C=O) groups excluding carboxylic acids is 1. The van der Waals surface area contributed by atoms with Crippen LogP contribution in [-0.2, 0) is 9.63 Å². The molecule has 1 unspecified atom stereocenters. The highest BCUT2D eigenvalue weighted by Gasteiger charge is 2.45. The van der Waals surface area contributed by atoms with Gasteiger partial charge in [-0.15, -0.1) is 0 Å². The van der Waals surface area contributed by atoms with Crippen molar-refractivity contribution in [3.05, 3.63) is 18.6 Å². The van der Waals surface area contributed by atoms with E-state index in [1.807, 2.05) is 13.8 Å². The van der Waals surface area contributed by atoms with Gasteiger partial charge in [0.05, 0.1) is 12.7 Å². The zero-order valence-electron chi connectivity index (χ0n) is 13.9. The Morgan fingerprint density at radius 2 is 2.26 bits per heavy atom. The lowest BCUT2D eigenvalue weighted by Crippen LogP contribution is -2.49. The molecule has 0 aliphatic carbocycles. The molecule has 1 atom stereocenters. The average Bonchev–Trinajstić information content (AvgIpc) is 2.97. The van der Waals surface area contributed by atoms with Crippen molar-refractivity contribution in [3.8, 4) is 0 Å². The number of aromatic nitrogens is 2. The second-order valence-electron chi connectivity index (χ2n) is 6.59. The highest BCUT2D eigenvalue weighted by Crippen LogP contribution is 2.35. The lowest BCUT2D eigenvalue weighted by atomic mass is 9.88. The number of amides is 1. The van der Waals surface area contributed by atoms with E-state index in [4.69, 9.17) is 4.84 Å². The summed E-state index contributed by atoms with van der Waals surface area (Å²) in [5, 5.41) is 4.11. The molecule has 1 fully saturated rings. The van der Waals surface area contributed by atoms with E-state index >= 15 is 0 Å². The van der Waals surface area contributed by atoms with Gasteiger partial charge in [0.2, 0.25) is 0 Å². The zero-order chi connectivity index (χ0) is 16.4. The van der Waals surface area contributed by atoms with Crippen LogP contribution >= 0.6 is 0 Å². The number of oxime groups is 1. The lowest BCUT2D eigenvalue weighted by Gasteiger charge is -2.38. The number of hydrogen-bond donors (Lipinski definition) is 0. The molecule has 0 N–H and O–H groups in total. The molecule has 1 aromatic heterocycles. The molecule has 124 valence electrons. The first-order chi connectivity index (χ1) is 11.0. The molecule has 3 heterocycles. The Morgan fingerprint density at radius 1 is 1.43 bits per heavy atom. The minimum atomic E-state index is -0.418. The van der Waals surface area contributed by atoms with Crippen LogP contribution < -0.4 is 4.90 Å². The highest BCUT2D eigenvalue weighted by molar-refractivity contribution is 6.39. The lowest BCUT2D eigenvalue weighted by molar-refractivity contribution is -0.124. The Labute approximate surface area is 136 Å². The number of carbonyl (C=O) groups is 1. The third-order valence-corrected chi connectivity index (χ3v) is 4.59. The first-order valence-electron chi connectivity index (χ1n) is 8.04. The van der Waals surface area contributed by atoms with Gasteiger partial charge in [0.15, 0.2) is 5.60 Å². The molecule has 2 aliphatic rings. The maximum Gasteiger partial charge on any atom is 0.271 e. The van der Waals surface area contributed by atoms with E-state index in [2.05, 4.69) is 20.0 Å². The van der Waals surface area contributed by atoms with Crippen molar-refractivity contribution in [2.24, 2.45) is 5.16 Å². The largest absolute Gasteiger partial charge is 0.386 e. The predicted octanol–water partition coefficient (Wildman–Crippen LogP) is 1.46. The van der Waals surface area contributed by atoms with Crippen molar-refractivity contribution in [2.75, 3.05) is 25.0 Å². The minimum Gasteiger partial charge on any atom is -0.386 e. The van der Waals surface area contributed by atoms with Gasteiger partial charge in [-0.3, -0.25) is 9.78 Å². The summed E-state index contributed by atoms with van der Waals surface area (Å²) in [6, 6.07) is 0.143. The molecule has 3 rings (SSSR count). The van der Waals surface area contributed by atoms with Crippen LogP contribution in [0.25, 0.3) is 0 Å². The van der Waals surface area contributed by atoms with E-state index < -0.39 is 5.60 Å². The fourth-order valence-electron chi connectivity index (χ4n) is 3.04. The molecule has 0 aromatic carbocycles. The van der Waals surface area contributed by atoms with Gasteiger partial charge in [0.1, 0.15) is 11.5 Å². The Kier molecular flexibility index (Phi) is 4.19. The van der Waals surface area contributed by atoms with Crippen molar-refractivity contribution < 1.29 is 9.63 Å². The maximum absolute atomic E-state index is 12.4. The van der Waals surface area contributed by atoms with Crippen LogP contribution in [0.2, 0.25) is 0 Å². The topological polar surface area (TPSA) is 70.9 Å². The summed E-state index contributed by atoms with van der Waals surface area (Å²) >= 11 is 0. The Morgan fingerprint density at radius 3 is 2.96 bits per heavy atom. The molecule has 2 aliphatic heterocycles. The molecule has 23 heavy (non-hydrogen) atoms. The van der Waals surface area contributed by atoms with Crippen molar-refractivity contribution in [1.82, 2.24) is 14.9 Å². The summed E-state index contributed by atoms with van der Waals surface area (Å²) in [6.45, 7) is 5.57. The molecule has 1 amide bonds. The van der Waals surface area contributed by atoms with E-state index in [1.165, 1.54) is 0 Å². The summed E-state index contributed by atoms with van der Waals surface area (Å²) in [7, 11) is 1.80. The maximum atomic E-state index is 12.4. The Balaban J connectivity index is 1.69. The van der Waals surface area contributed by atoms with Crippen LogP contribution in [0.15, 0.2) is 23.7 Å². The summed E-state index contributed by atoms with van der Waals surface area (Å²) in [4.78, 5) is 30.5. The van der Waals surface area contributed by atoms with Gasteiger partial charge in [-0.25, -0.2) is 4.98 Å². The molecule has 1 spiro atoms. The van der Waals surface area contributed by atoms with Gasteiger partial charge in [0.25, 0.3) is 5.91 Å². The van der Waals surface area contributed by atoms with Gasteiger partial charge in [0, 0.05) is 38.4 Å². The van der Waals surface area contributed by atoms with Crippen molar-refractivity contribution in [2.45, 2.75) is 44.8 Å². The van der Waals surface area contributed by atoms with Gasteiger partial charge in [-0.2, -0.15) is 0 Å². The van der Waals surface area contributed by atoms with Gasteiger partial charge in [-0.1, -0.05) is 5.16 Å². The first kappa shape index (κ1) is 15.7. The average molecular weight is 317 g/mol. The van der Waals surface area contributed by atoms with Crippen LogP contribution in [0.4, 0.5) is 5.82 Å². The van der Waals surface area contributed by atoms with E-state index in [0.29, 0.717) is 18.7 Å². The molecular weight excluding hydrogens is 294 g/mol. The SMILES string of the molecule is CC(C)N(C)C(=O)C1=NOC2(CCCN(c3cnccn3)C2)C1. The van der Waals surface area contributed by atoms with Crippen LogP contribution in [0.5, 0.6) is 0 Å². The van der Waals surface area contributed by atoms with Gasteiger partial charge in [-0.05, 0) is 26.7 Å². The smallest absolute Gasteiger partial charge is 0.271 e. The number of nitrogens with zero attached hydrogens (tertiary/aromatic N) is 5. The monoisotopic (exact) mass is 317 g/mol. The van der Waals surface area contributed by atoms with Crippen molar-refractivity contribution in [1.29, 1.82) is 0 Å². The summed E-state index contributed by atoms with van der Waals surface area (Å²) in [5.74, 6) is 0.794. The number of piperidine rings is 1. The molecular formula is C16H23N5O2. The fourth-order valence-corrected chi connectivity index (χ4v) is 3.04. The van der Waals surface area contributed by atoms with Crippen molar-refractivity contribution >= 4 is 17.4 Å². The third-order valence-electron chi connectivity index (χ3n) is 4.59. The zero-order valence-corrected chi connectivity index (χ0v) is 13.9. The normalized spacial score (nSPS) is 23.8. The molecule has 0 saturated carbocycles. The minimum absolute atomic E-state index is 0.0477. The second-order valence-corrected chi connectivity index (χ2v) is 6.59. The van der Waals surface area contributed by atoms with Crippen LogP contribution in [0, 0.1) is 0 Å². The summed E-state index contributed by atoms with van der Waals surface area (Å²) in [6.07, 6.45) is 7.54. The van der Waals surface area contributed by atoms with E-state index in [0.717, 1.165) is 25.2 Å². The quantitative estimate of drug-likeness (QED) is 0.844. The van der Waals surface area contributed by atoms with Gasteiger partial charge < -0.3 is 14.6 Å². The first-order valence-corrected chi connectivity index (χ1v) is 8.04. The number of anilines is 1. The van der Waals surface area contributed by atoms with E-state index in [9.17, 15) is 4.79 Å². The molecule has 1 aromatic rings. The number of hydrogen-bond acceptors (Lipinski definition) is 6. The Bertz CT molecular complexity index is 604. The standard InChI is InChI=1S/C16H23N5O2/c1-12(2)20(3)15(22)13-9-16(23-19-13)5-4-8-21(11-16)14-10-17-6-7-18-14/h6-7,10,12H,4-5,8-9,11H2,1-3H3. The number of rotatable bonds is 3. The highest BCUT2D eigenvalue weighted by atomic mass is 16.7. The molecule has 7 heteroatoms. The Hall–Kier alpha value is -2.18. The summed E-state index contributed by atoms with van der Waals surface area (Å²) < 4.78 is 0. The second kappa shape index (κ2) is 6.14. The van der Waals surface area contributed by atoms with E-state index in [1.54, 1.807) is 30.5 Å². The van der Waals surface area contributed by atoms with Crippen molar-refractivity contribution in [3.63, 3.8) is 0 Å². The van der Waals surface area contributed by atoms with Gasteiger partial charge >= 0.3 is 0 Å². The van der Waals surface area contributed by atoms with Crippen LogP contribution in [-0.4, -0.2) is 58.3 Å². The third kappa shape index (κ3) is 3.13. The molecule has 0 radical (unpaired) electrons. The molecule has 7 nitrogen and oxygen atoms in total. The predicted molar refractivity (Wildman–Crippen MR) is 87.3 cm³/mol. The fraction of sp³-hybridized carbons (Fsp3) is 0.625. The molecule has 0 bridgehead atoms.